The van der Waals surface area contributed by atoms with E-state index < -0.39 is 16.0 Å². The molecule has 6 heteroatoms. The van der Waals surface area contributed by atoms with E-state index >= 15 is 0 Å². The number of amides is 1. The van der Waals surface area contributed by atoms with Crippen LogP contribution in [0.15, 0.2) is 71.6 Å². The summed E-state index contributed by atoms with van der Waals surface area (Å²) in [7, 11) is -4.07. The summed E-state index contributed by atoms with van der Waals surface area (Å²) in [6.07, 6.45) is 0. The third kappa shape index (κ3) is 3.02. The van der Waals surface area contributed by atoms with Crippen molar-refractivity contribution in [2.75, 3.05) is 0 Å². The highest BCUT2D eigenvalue weighted by atomic mass is 32.2. The fourth-order valence-electron chi connectivity index (χ4n) is 2.23. The largest absolute Gasteiger partial charge is 0.378 e. The summed E-state index contributed by atoms with van der Waals surface area (Å²) in [6, 6.07) is 18.0. The van der Waals surface area contributed by atoms with E-state index in [0.717, 1.165) is 10.8 Å². The molecule has 0 spiro atoms. The van der Waals surface area contributed by atoms with Gasteiger partial charge in [-0.05, 0) is 35.0 Å². The molecule has 23 heavy (non-hydrogen) atoms. The Morgan fingerprint density at radius 2 is 1.52 bits per heavy atom. The van der Waals surface area contributed by atoms with Crippen LogP contribution in [0.2, 0.25) is 0 Å². The molecule has 0 fully saturated rings. The lowest BCUT2D eigenvalue weighted by atomic mass is 10.1. The third-order valence-corrected chi connectivity index (χ3v) is 4.59. The first-order valence-electron chi connectivity index (χ1n) is 6.79. The van der Waals surface area contributed by atoms with Gasteiger partial charge in [-0.1, -0.05) is 42.5 Å². The summed E-state index contributed by atoms with van der Waals surface area (Å²) in [5.41, 5.74) is 5.24. The van der Waals surface area contributed by atoms with Gasteiger partial charge in [0, 0.05) is 0 Å². The molecule has 3 aromatic carbocycles. The van der Waals surface area contributed by atoms with E-state index in [0.29, 0.717) is 0 Å². The molecule has 3 aromatic rings. The van der Waals surface area contributed by atoms with Crippen LogP contribution in [0.25, 0.3) is 10.8 Å². The van der Waals surface area contributed by atoms with Crippen LogP contribution in [-0.4, -0.2) is 14.3 Å². The monoisotopic (exact) mass is 327 g/mol. The van der Waals surface area contributed by atoms with Gasteiger partial charge in [-0.15, -0.1) is 0 Å². The number of para-hydroxylation sites is 1. The fourth-order valence-corrected chi connectivity index (χ4v) is 3.22. The van der Waals surface area contributed by atoms with E-state index in [-0.39, 0.29) is 16.2 Å². The normalized spacial score (nSPS) is 11.3. The van der Waals surface area contributed by atoms with Crippen LogP contribution in [-0.2, 0) is 10.1 Å². The Kier molecular flexibility index (Phi) is 3.75. The van der Waals surface area contributed by atoms with Crippen molar-refractivity contribution in [3.05, 3.63) is 72.3 Å². The highest BCUT2D eigenvalue weighted by molar-refractivity contribution is 7.87. The highest BCUT2D eigenvalue weighted by Gasteiger charge is 2.20. The molecule has 2 N–H and O–H groups in total. The molecule has 0 aromatic heterocycles. The van der Waals surface area contributed by atoms with Crippen LogP contribution in [0.1, 0.15) is 10.4 Å². The maximum absolute atomic E-state index is 12.4. The second kappa shape index (κ2) is 5.73. The zero-order chi connectivity index (χ0) is 16.4. The van der Waals surface area contributed by atoms with Crippen molar-refractivity contribution in [2.24, 2.45) is 5.73 Å². The van der Waals surface area contributed by atoms with Crippen molar-refractivity contribution < 1.29 is 17.4 Å². The molecule has 0 atom stereocenters. The summed E-state index contributed by atoms with van der Waals surface area (Å²) in [4.78, 5) is 11.4. The van der Waals surface area contributed by atoms with Crippen LogP contribution < -0.4 is 9.92 Å². The van der Waals surface area contributed by atoms with Crippen molar-refractivity contribution in [3.8, 4) is 5.75 Å². The molecule has 0 unspecified atom stereocenters. The number of hydrogen-bond acceptors (Lipinski definition) is 4. The van der Waals surface area contributed by atoms with Gasteiger partial charge in [0.05, 0.1) is 5.56 Å². The molecule has 0 aliphatic rings. The second-order valence-electron chi connectivity index (χ2n) is 4.91. The number of nitrogens with two attached hydrogens (primary N) is 1. The van der Waals surface area contributed by atoms with Gasteiger partial charge in [0.1, 0.15) is 4.90 Å². The minimum Gasteiger partial charge on any atom is -0.378 e. The molecular weight excluding hydrogens is 314 g/mol. The van der Waals surface area contributed by atoms with E-state index in [1.165, 1.54) is 24.3 Å². The topological polar surface area (TPSA) is 86.5 Å². The lowest BCUT2D eigenvalue weighted by molar-refractivity contribution is 0.0999. The quantitative estimate of drug-likeness (QED) is 0.746. The highest BCUT2D eigenvalue weighted by Crippen LogP contribution is 2.25. The Morgan fingerprint density at radius 3 is 2.26 bits per heavy atom. The minimum absolute atomic E-state index is 0.00970. The number of fused-ring (bicyclic) bond motifs is 1. The summed E-state index contributed by atoms with van der Waals surface area (Å²) < 4.78 is 30.0. The summed E-state index contributed by atoms with van der Waals surface area (Å²) in [6.45, 7) is 0. The average Bonchev–Trinajstić information content (AvgIpc) is 2.54. The van der Waals surface area contributed by atoms with E-state index in [1.807, 2.05) is 24.3 Å². The predicted octanol–water partition coefficient (Wildman–Crippen LogP) is 2.71. The maximum atomic E-state index is 12.4. The average molecular weight is 327 g/mol. The molecule has 0 saturated carbocycles. The first-order valence-corrected chi connectivity index (χ1v) is 8.20. The fraction of sp³-hybridized carbons (Fsp3) is 0. The smallest absolute Gasteiger partial charge is 0.339 e. The lowest BCUT2D eigenvalue weighted by Gasteiger charge is -2.10. The van der Waals surface area contributed by atoms with Gasteiger partial charge < -0.3 is 9.92 Å². The Morgan fingerprint density at radius 1 is 0.870 bits per heavy atom. The second-order valence-corrected chi connectivity index (χ2v) is 6.45. The zero-order valence-corrected chi connectivity index (χ0v) is 12.8. The van der Waals surface area contributed by atoms with Crippen molar-refractivity contribution >= 4 is 26.8 Å². The molecule has 0 saturated heterocycles. The molecule has 0 aliphatic carbocycles. The summed E-state index contributed by atoms with van der Waals surface area (Å²) >= 11 is 0. The minimum atomic E-state index is -4.07. The summed E-state index contributed by atoms with van der Waals surface area (Å²) in [5, 5.41) is 1.70. The molecular formula is C17H13NO4S. The molecule has 0 radical (unpaired) electrons. The van der Waals surface area contributed by atoms with Crippen molar-refractivity contribution in [1.29, 1.82) is 0 Å². The van der Waals surface area contributed by atoms with Crippen molar-refractivity contribution in [1.82, 2.24) is 0 Å². The number of primary amides is 1. The number of carbonyl (C=O) groups excluding carboxylic acids is 1. The van der Waals surface area contributed by atoms with E-state index in [2.05, 4.69) is 0 Å². The molecule has 0 bridgehead atoms. The van der Waals surface area contributed by atoms with Gasteiger partial charge in [0.2, 0.25) is 0 Å². The van der Waals surface area contributed by atoms with Crippen LogP contribution >= 0.6 is 0 Å². The molecule has 5 nitrogen and oxygen atoms in total. The van der Waals surface area contributed by atoms with Crippen LogP contribution in [0.3, 0.4) is 0 Å². The zero-order valence-electron chi connectivity index (χ0n) is 12.0. The Labute approximate surface area is 133 Å². The van der Waals surface area contributed by atoms with Gasteiger partial charge in [-0.3, -0.25) is 4.79 Å². The summed E-state index contributed by atoms with van der Waals surface area (Å²) in [5.74, 6) is -0.845. The first kappa shape index (κ1) is 15.1. The maximum Gasteiger partial charge on any atom is 0.339 e. The molecule has 3 rings (SSSR count). The van der Waals surface area contributed by atoms with Crippen LogP contribution in [0, 0.1) is 0 Å². The SMILES string of the molecule is NC(=O)c1ccccc1OS(=O)(=O)c1ccc2ccccc2c1. The van der Waals surface area contributed by atoms with Crippen LogP contribution in [0.5, 0.6) is 5.75 Å². The van der Waals surface area contributed by atoms with Gasteiger partial charge in [0.15, 0.2) is 5.75 Å². The van der Waals surface area contributed by atoms with E-state index in [9.17, 15) is 13.2 Å². The number of rotatable bonds is 4. The Balaban J connectivity index is 2.03. The Bertz CT molecular complexity index is 996. The van der Waals surface area contributed by atoms with Crippen LogP contribution in [0.4, 0.5) is 0 Å². The van der Waals surface area contributed by atoms with Crippen molar-refractivity contribution in [3.63, 3.8) is 0 Å². The number of hydrogen-bond donors (Lipinski definition) is 1. The first-order chi connectivity index (χ1) is 11.0. The van der Waals surface area contributed by atoms with Gasteiger partial charge in [0.25, 0.3) is 5.91 Å². The molecule has 0 heterocycles. The molecule has 116 valence electrons. The standard InChI is InChI=1S/C17H13NO4S/c18-17(19)15-7-3-4-8-16(15)22-23(20,21)14-10-9-12-5-1-2-6-13(12)11-14/h1-11H,(H2,18,19). The van der Waals surface area contributed by atoms with E-state index in [4.69, 9.17) is 9.92 Å². The van der Waals surface area contributed by atoms with Crippen molar-refractivity contribution in [2.45, 2.75) is 4.90 Å². The van der Waals surface area contributed by atoms with Gasteiger partial charge in [-0.2, -0.15) is 8.42 Å². The lowest BCUT2D eigenvalue weighted by Crippen LogP contribution is -2.16. The number of benzene rings is 3. The predicted molar refractivity (Wildman–Crippen MR) is 86.7 cm³/mol. The molecule has 0 aliphatic heterocycles. The third-order valence-electron chi connectivity index (χ3n) is 3.36. The Hall–Kier alpha value is -2.86. The van der Waals surface area contributed by atoms with E-state index in [1.54, 1.807) is 18.2 Å². The van der Waals surface area contributed by atoms with Gasteiger partial charge in [-0.25, -0.2) is 0 Å². The molecule has 1 amide bonds. The number of carbonyl (C=O) groups is 1. The van der Waals surface area contributed by atoms with Gasteiger partial charge >= 0.3 is 10.1 Å².